The van der Waals surface area contributed by atoms with Gasteiger partial charge in [0, 0.05) is 41.3 Å². The van der Waals surface area contributed by atoms with Gasteiger partial charge >= 0.3 is 0 Å². The van der Waals surface area contributed by atoms with E-state index in [1.54, 1.807) is 59.4 Å². The van der Waals surface area contributed by atoms with E-state index in [-0.39, 0.29) is 34.9 Å². The van der Waals surface area contributed by atoms with Gasteiger partial charge in [0.2, 0.25) is 0 Å². The number of carbonyl (C=O) groups is 1. The maximum absolute atomic E-state index is 14.6. The van der Waals surface area contributed by atoms with Gasteiger partial charge in [-0.05, 0) is 79.9 Å². The molecule has 0 radical (unpaired) electrons. The SMILES string of the molecule is CC(c1ccccc1F)n1cc(-c2ccnc(CCCNC(=O)c3ccccc3O)c2)c(-c2ccc(F)cc2)n1. The van der Waals surface area contributed by atoms with Crippen LogP contribution in [0.4, 0.5) is 8.78 Å². The number of aromatic hydroxyl groups is 1. The molecule has 2 aromatic heterocycles. The number of hydrogen-bond acceptors (Lipinski definition) is 4. The lowest BCUT2D eigenvalue weighted by molar-refractivity contribution is 0.0950. The van der Waals surface area contributed by atoms with E-state index in [0.717, 1.165) is 22.4 Å². The second kappa shape index (κ2) is 11.9. The Hall–Kier alpha value is -4.85. The molecule has 1 unspecified atom stereocenters. The summed E-state index contributed by atoms with van der Waals surface area (Å²) < 4.78 is 30.0. The molecule has 0 aliphatic carbocycles. The summed E-state index contributed by atoms with van der Waals surface area (Å²) >= 11 is 0. The predicted molar refractivity (Wildman–Crippen MR) is 150 cm³/mol. The van der Waals surface area contributed by atoms with E-state index in [1.165, 1.54) is 24.3 Å². The largest absolute Gasteiger partial charge is 0.507 e. The van der Waals surface area contributed by atoms with Gasteiger partial charge in [0.05, 0.1) is 11.6 Å². The fraction of sp³-hybridized carbons (Fsp3) is 0.156. The molecule has 202 valence electrons. The Morgan fingerprint density at radius 1 is 0.975 bits per heavy atom. The van der Waals surface area contributed by atoms with Crippen molar-refractivity contribution >= 4 is 5.91 Å². The van der Waals surface area contributed by atoms with Crippen molar-refractivity contribution in [1.29, 1.82) is 0 Å². The van der Waals surface area contributed by atoms with Crippen molar-refractivity contribution in [3.63, 3.8) is 0 Å². The Labute approximate surface area is 231 Å². The summed E-state index contributed by atoms with van der Waals surface area (Å²) in [6.07, 6.45) is 4.85. The van der Waals surface area contributed by atoms with Crippen LogP contribution in [0, 0.1) is 11.6 Å². The predicted octanol–water partition coefficient (Wildman–Crippen LogP) is 6.57. The van der Waals surface area contributed by atoms with Gasteiger partial charge in [-0.3, -0.25) is 14.5 Å². The number of para-hydroxylation sites is 1. The van der Waals surface area contributed by atoms with Crippen LogP contribution in [-0.4, -0.2) is 32.3 Å². The van der Waals surface area contributed by atoms with Crippen LogP contribution in [0.2, 0.25) is 0 Å². The van der Waals surface area contributed by atoms with E-state index in [1.807, 2.05) is 25.3 Å². The van der Waals surface area contributed by atoms with Gasteiger partial charge in [-0.1, -0.05) is 30.3 Å². The van der Waals surface area contributed by atoms with Crippen LogP contribution < -0.4 is 5.32 Å². The number of benzene rings is 3. The highest BCUT2D eigenvalue weighted by Crippen LogP contribution is 2.34. The number of phenols is 1. The highest BCUT2D eigenvalue weighted by molar-refractivity contribution is 5.96. The second-order valence-corrected chi connectivity index (χ2v) is 9.49. The fourth-order valence-corrected chi connectivity index (χ4v) is 4.59. The molecule has 0 saturated carbocycles. The number of carbonyl (C=O) groups excluding carboxylic acids is 1. The van der Waals surface area contributed by atoms with Gasteiger partial charge in [0.25, 0.3) is 5.91 Å². The monoisotopic (exact) mass is 538 g/mol. The first-order valence-corrected chi connectivity index (χ1v) is 13.0. The lowest BCUT2D eigenvalue weighted by Gasteiger charge is -2.13. The van der Waals surface area contributed by atoms with E-state index >= 15 is 0 Å². The number of aromatic nitrogens is 3. The van der Waals surface area contributed by atoms with Crippen molar-refractivity contribution < 1.29 is 18.7 Å². The average molecular weight is 539 g/mol. The highest BCUT2D eigenvalue weighted by Gasteiger charge is 2.19. The molecule has 0 spiro atoms. The van der Waals surface area contributed by atoms with Crippen molar-refractivity contribution in [2.45, 2.75) is 25.8 Å². The number of halogens is 2. The molecule has 0 bridgehead atoms. The third-order valence-electron chi connectivity index (χ3n) is 6.77. The van der Waals surface area contributed by atoms with E-state index in [2.05, 4.69) is 10.3 Å². The third kappa shape index (κ3) is 5.91. The summed E-state index contributed by atoms with van der Waals surface area (Å²) in [6.45, 7) is 2.29. The molecule has 0 fully saturated rings. The first kappa shape index (κ1) is 26.7. The number of phenolic OH excluding ortho intramolecular Hbond substituents is 1. The Bertz CT molecular complexity index is 1630. The van der Waals surface area contributed by atoms with Crippen LogP contribution in [0.5, 0.6) is 5.75 Å². The van der Waals surface area contributed by atoms with Crippen molar-refractivity contribution in [2.24, 2.45) is 0 Å². The zero-order chi connectivity index (χ0) is 28.1. The highest BCUT2D eigenvalue weighted by atomic mass is 19.1. The molecule has 1 atom stereocenters. The standard InChI is InChI=1S/C32H28F2N4O2/c1-21(26-8-2-4-10-29(26)34)38-20-28(31(37-38)22-12-14-24(33)15-13-22)23-16-18-35-25(19-23)7-6-17-36-32(40)27-9-3-5-11-30(27)39/h2-5,8-16,18-21,39H,6-7,17H2,1H3,(H,36,40). The number of rotatable bonds is 9. The van der Waals surface area contributed by atoms with E-state index < -0.39 is 0 Å². The van der Waals surface area contributed by atoms with Crippen molar-refractivity contribution in [2.75, 3.05) is 6.54 Å². The van der Waals surface area contributed by atoms with E-state index in [0.29, 0.717) is 30.6 Å². The maximum atomic E-state index is 14.6. The number of amides is 1. The number of nitrogens with one attached hydrogen (secondary N) is 1. The van der Waals surface area contributed by atoms with Gasteiger partial charge in [-0.15, -0.1) is 0 Å². The Balaban J connectivity index is 1.37. The van der Waals surface area contributed by atoms with Crippen LogP contribution in [0.1, 0.15) is 41.0 Å². The fourth-order valence-electron chi connectivity index (χ4n) is 4.59. The summed E-state index contributed by atoms with van der Waals surface area (Å²) in [5.41, 5.74) is 4.65. The summed E-state index contributed by atoms with van der Waals surface area (Å²) in [6, 6.07) is 22.6. The van der Waals surface area contributed by atoms with Crippen LogP contribution in [-0.2, 0) is 6.42 Å². The Morgan fingerprint density at radius 2 is 1.73 bits per heavy atom. The zero-order valence-corrected chi connectivity index (χ0v) is 21.9. The maximum Gasteiger partial charge on any atom is 0.255 e. The minimum absolute atomic E-state index is 0.0591. The van der Waals surface area contributed by atoms with Gasteiger partial charge < -0.3 is 10.4 Å². The van der Waals surface area contributed by atoms with Crippen LogP contribution in [0.15, 0.2) is 97.3 Å². The van der Waals surface area contributed by atoms with Crippen molar-refractivity contribution in [3.05, 3.63) is 126 Å². The molecule has 5 aromatic rings. The van der Waals surface area contributed by atoms with Gasteiger partial charge in [-0.25, -0.2) is 8.78 Å². The second-order valence-electron chi connectivity index (χ2n) is 9.49. The molecule has 0 saturated heterocycles. The topological polar surface area (TPSA) is 80.0 Å². The average Bonchev–Trinajstić information content (AvgIpc) is 3.42. The quantitative estimate of drug-likeness (QED) is 0.208. The molecule has 2 N–H and O–H groups in total. The Kier molecular flexibility index (Phi) is 7.96. The minimum Gasteiger partial charge on any atom is -0.507 e. The first-order valence-electron chi connectivity index (χ1n) is 13.0. The Morgan fingerprint density at radius 3 is 2.50 bits per heavy atom. The van der Waals surface area contributed by atoms with Crippen molar-refractivity contribution in [1.82, 2.24) is 20.1 Å². The lowest BCUT2D eigenvalue weighted by Crippen LogP contribution is -2.24. The lowest BCUT2D eigenvalue weighted by atomic mass is 10.0. The van der Waals surface area contributed by atoms with Crippen LogP contribution >= 0.6 is 0 Å². The molecule has 1 amide bonds. The number of pyridine rings is 1. The first-order chi connectivity index (χ1) is 19.4. The summed E-state index contributed by atoms with van der Waals surface area (Å²) in [4.78, 5) is 16.8. The normalized spacial score (nSPS) is 11.8. The molecule has 40 heavy (non-hydrogen) atoms. The third-order valence-corrected chi connectivity index (χ3v) is 6.77. The minimum atomic E-state index is -0.372. The molecular weight excluding hydrogens is 510 g/mol. The van der Waals surface area contributed by atoms with E-state index in [4.69, 9.17) is 5.10 Å². The molecule has 0 aliphatic rings. The molecule has 5 rings (SSSR count). The number of aryl methyl sites for hydroxylation is 1. The van der Waals surface area contributed by atoms with Crippen LogP contribution in [0.25, 0.3) is 22.4 Å². The summed E-state index contributed by atoms with van der Waals surface area (Å²) in [5, 5.41) is 17.5. The number of hydrogen-bond donors (Lipinski definition) is 2. The van der Waals surface area contributed by atoms with Gasteiger partial charge in [-0.2, -0.15) is 5.10 Å². The zero-order valence-electron chi connectivity index (χ0n) is 21.9. The smallest absolute Gasteiger partial charge is 0.255 e. The van der Waals surface area contributed by atoms with Crippen molar-refractivity contribution in [3.8, 4) is 28.1 Å². The molecular formula is C32H28F2N4O2. The molecule has 3 aromatic carbocycles. The number of nitrogens with zero attached hydrogens (tertiary/aromatic N) is 3. The molecule has 2 heterocycles. The van der Waals surface area contributed by atoms with Gasteiger partial charge in [0.1, 0.15) is 23.1 Å². The summed E-state index contributed by atoms with van der Waals surface area (Å²) in [5.74, 6) is -1.04. The van der Waals surface area contributed by atoms with Crippen LogP contribution in [0.3, 0.4) is 0 Å². The molecule has 8 heteroatoms. The summed E-state index contributed by atoms with van der Waals surface area (Å²) in [7, 11) is 0. The molecule has 0 aliphatic heterocycles. The molecule has 6 nitrogen and oxygen atoms in total. The van der Waals surface area contributed by atoms with E-state index in [9.17, 15) is 18.7 Å². The van der Waals surface area contributed by atoms with Gasteiger partial charge in [0.15, 0.2) is 0 Å².